The van der Waals surface area contributed by atoms with Crippen molar-refractivity contribution in [3.8, 4) is 0 Å². The molecule has 0 saturated carbocycles. The van der Waals surface area contributed by atoms with Crippen LogP contribution in [0.5, 0.6) is 0 Å². The summed E-state index contributed by atoms with van der Waals surface area (Å²) in [5.41, 5.74) is 2.75. The molecule has 0 unspecified atom stereocenters. The molecular weight excluding hydrogens is 242 g/mol. The van der Waals surface area contributed by atoms with Crippen LogP contribution < -0.4 is 5.32 Å². The molecule has 92 valence electrons. The molecule has 3 heteroatoms. The lowest BCUT2D eigenvalue weighted by atomic mass is 10.1. The summed E-state index contributed by atoms with van der Waals surface area (Å²) in [5.74, 6) is 0.134. The van der Waals surface area contributed by atoms with Crippen LogP contribution in [0.25, 0.3) is 0 Å². The SMILES string of the molecule is O=C(Cc1cccs1)NC1Cc2ccccc2C1. The van der Waals surface area contributed by atoms with Crippen molar-refractivity contribution in [3.63, 3.8) is 0 Å². The fourth-order valence-electron chi connectivity index (χ4n) is 2.51. The molecule has 18 heavy (non-hydrogen) atoms. The van der Waals surface area contributed by atoms with Gasteiger partial charge in [0.25, 0.3) is 0 Å². The van der Waals surface area contributed by atoms with E-state index in [0.717, 1.165) is 17.7 Å². The molecule has 0 fully saturated rings. The Morgan fingerprint density at radius 2 is 1.89 bits per heavy atom. The highest BCUT2D eigenvalue weighted by molar-refractivity contribution is 7.10. The number of hydrogen-bond acceptors (Lipinski definition) is 2. The summed E-state index contributed by atoms with van der Waals surface area (Å²) in [5, 5.41) is 5.14. The van der Waals surface area contributed by atoms with Crippen molar-refractivity contribution >= 4 is 17.2 Å². The number of carbonyl (C=O) groups excluding carboxylic acids is 1. The Kier molecular flexibility index (Phi) is 3.15. The predicted octanol–water partition coefficient (Wildman–Crippen LogP) is 2.57. The van der Waals surface area contributed by atoms with Crippen molar-refractivity contribution < 1.29 is 4.79 Å². The summed E-state index contributed by atoms with van der Waals surface area (Å²) in [7, 11) is 0. The first-order valence-electron chi connectivity index (χ1n) is 6.20. The van der Waals surface area contributed by atoms with Crippen molar-refractivity contribution in [1.82, 2.24) is 5.32 Å². The molecule has 2 aromatic rings. The minimum atomic E-state index is 0.134. The van der Waals surface area contributed by atoms with Crippen LogP contribution in [0.2, 0.25) is 0 Å². The second-order valence-corrected chi connectivity index (χ2v) is 5.73. The van der Waals surface area contributed by atoms with Gasteiger partial charge in [0.15, 0.2) is 0 Å². The van der Waals surface area contributed by atoms with Crippen LogP contribution in [0.1, 0.15) is 16.0 Å². The van der Waals surface area contributed by atoms with Gasteiger partial charge >= 0.3 is 0 Å². The van der Waals surface area contributed by atoms with Crippen LogP contribution in [0.15, 0.2) is 41.8 Å². The summed E-state index contributed by atoms with van der Waals surface area (Å²) in [4.78, 5) is 13.0. The van der Waals surface area contributed by atoms with E-state index in [0.29, 0.717) is 6.42 Å². The van der Waals surface area contributed by atoms with Gasteiger partial charge < -0.3 is 5.32 Å². The number of nitrogens with one attached hydrogen (secondary N) is 1. The number of benzene rings is 1. The van der Waals surface area contributed by atoms with Gasteiger partial charge in [0, 0.05) is 10.9 Å². The first kappa shape index (κ1) is 11.5. The molecule has 0 atom stereocenters. The molecule has 0 spiro atoms. The number of amides is 1. The zero-order valence-corrected chi connectivity index (χ0v) is 10.9. The molecule has 1 heterocycles. The molecule has 1 N–H and O–H groups in total. The molecule has 1 aromatic carbocycles. The number of rotatable bonds is 3. The second-order valence-electron chi connectivity index (χ2n) is 4.70. The second kappa shape index (κ2) is 4.94. The normalized spacial score (nSPS) is 14.4. The van der Waals surface area contributed by atoms with Gasteiger partial charge in [0.05, 0.1) is 6.42 Å². The quantitative estimate of drug-likeness (QED) is 0.899. The first-order chi connectivity index (χ1) is 8.81. The fraction of sp³-hybridized carbons (Fsp3) is 0.267. The van der Waals surface area contributed by atoms with E-state index in [1.807, 2.05) is 17.5 Å². The van der Waals surface area contributed by atoms with Crippen LogP contribution in [-0.2, 0) is 24.1 Å². The smallest absolute Gasteiger partial charge is 0.225 e. The Balaban J connectivity index is 1.58. The number of carbonyl (C=O) groups is 1. The van der Waals surface area contributed by atoms with E-state index in [2.05, 4.69) is 29.6 Å². The maximum absolute atomic E-state index is 11.9. The van der Waals surface area contributed by atoms with Gasteiger partial charge in [-0.25, -0.2) is 0 Å². The zero-order valence-electron chi connectivity index (χ0n) is 10.1. The highest BCUT2D eigenvalue weighted by Crippen LogP contribution is 2.21. The first-order valence-corrected chi connectivity index (χ1v) is 7.08. The van der Waals surface area contributed by atoms with Crippen molar-refractivity contribution in [3.05, 3.63) is 57.8 Å². The molecular formula is C15H15NOS. The largest absolute Gasteiger partial charge is 0.352 e. The lowest BCUT2D eigenvalue weighted by Crippen LogP contribution is -2.36. The average Bonchev–Trinajstić information content (AvgIpc) is 2.96. The van der Waals surface area contributed by atoms with Crippen molar-refractivity contribution in [2.45, 2.75) is 25.3 Å². The molecule has 1 aliphatic carbocycles. The van der Waals surface area contributed by atoms with Crippen LogP contribution >= 0.6 is 11.3 Å². The van der Waals surface area contributed by atoms with E-state index >= 15 is 0 Å². The Labute approximate surface area is 111 Å². The topological polar surface area (TPSA) is 29.1 Å². The zero-order chi connectivity index (χ0) is 12.4. The molecule has 0 saturated heterocycles. The third-order valence-corrected chi connectivity index (χ3v) is 4.21. The van der Waals surface area contributed by atoms with Crippen LogP contribution in [-0.4, -0.2) is 11.9 Å². The van der Waals surface area contributed by atoms with Crippen molar-refractivity contribution in [2.24, 2.45) is 0 Å². The van der Waals surface area contributed by atoms with Crippen LogP contribution in [0.4, 0.5) is 0 Å². The Bertz CT molecular complexity index is 522. The van der Waals surface area contributed by atoms with Gasteiger partial charge in [0.2, 0.25) is 5.91 Å². The van der Waals surface area contributed by atoms with E-state index in [-0.39, 0.29) is 11.9 Å². The summed E-state index contributed by atoms with van der Waals surface area (Å²) in [6.45, 7) is 0. The molecule has 3 rings (SSSR count). The highest BCUT2D eigenvalue weighted by Gasteiger charge is 2.22. The van der Waals surface area contributed by atoms with Crippen molar-refractivity contribution in [2.75, 3.05) is 0 Å². The third-order valence-electron chi connectivity index (χ3n) is 3.33. The van der Waals surface area contributed by atoms with Gasteiger partial charge in [-0.1, -0.05) is 30.3 Å². The average molecular weight is 257 g/mol. The number of thiophene rings is 1. The molecule has 1 amide bonds. The van der Waals surface area contributed by atoms with E-state index < -0.39 is 0 Å². The van der Waals surface area contributed by atoms with E-state index in [1.165, 1.54) is 11.1 Å². The third kappa shape index (κ3) is 2.46. The number of fused-ring (bicyclic) bond motifs is 1. The summed E-state index contributed by atoms with van der Waals surface area (Å²) in [6.07, 6.45) is 2.43. The fourth-order valence-corrected chi connectivity index (χ4v) is 3.21. The summed E-state index contributed by atoms with van der Waals surface area (Å²) in [6, 6.07) is 12.7. The Morgan fingerprint density at radius 1 is 1.17 bits per heavy atom. The van der Waals surface area contributed by atoms with Crippen LogP contribution in [0.3, 0.4) is 0 Å². The highest BCUT2D eigenvalue weighted by atomic mass is 32.1. The Morgan fingerprint density at radius 3 is 2.50 bits per heavy atom. The minimum Gasteiger partial charge on any atom is -0.352 e. The lowest BCUT2D eigenvalue weighted by molar-refractivity contribution is -0.121. The van der Waals surface area contributed by atoms with E-state index in [1.54, 1.807) is 11.3 Å². The van der Waals surface area contributed by atoms with Gasteiger partial charge in [-0.15, -0.1) is 11.3 Å². The van der Waals surface area contributed by atoms with Gasteiger partial charge in [-0.3, -0.25) is 4.79 Å². The summed E-state index contributed by atoms with van der Waals surface area (Å²) < 4.78 is 0. The van der Waals surface area contributed by atoms with Gasteiger partial charge in [-0.2, -0.15) is 0 Å². The van der Waals surface area contributed by atoms with Gasteiger partial charge in [0.1, 0.15) is 0 Å². The van der Waals surface area contributed by atoms with E-state index in [4.69, 9.17) is 0 Å². The monoisotopic (exact) mass is 257 g/mol. The molecule has 0 radical (unpaired) electrons. The minimum absolute atomic E-state index is 0.134. The molecule has 2 nitrogen and oxygen atoms in total. The lowest BCUT2D eigenvalue weighted by Gasteiger charge is -2.11. The standard InChI is InChI=1S/C15H15NOS/c17-15(10-14-6-3-7-18-14)16-13-8-11-4-1-2-5-12(11)9-13/h1-7,13H,8-10H2,(H,16,17). The molecule has 0 bridgehead atoms. The Hall–Kier alpha value is -1.61. The maximum Gasteiger partial charge on any atom is 0.225 e. The molecule has 0 aliphatic heterocycles. The van der Waals surface area contributed by atoms with Crippen molar-refractivity contribution in [1.29, 1.82) is 0 Å². The maximum atomic E-state index is 11.9. The predicted molar refractivity (Wildman–Crippen MR) is 73.8 cm³/mol. The molecule has 1 aromatic heterocycles. The van der Waals surface area contributed by atoms with Crippen LogP contribution in [0, 0.1) is 0 Å². The molecule has 1 aliphatic rings. The van der Waals surface area contributed by atoms with Gasteiger partial charge in [-0.05, 0) is 35.4 Å². The van der Waals surface area contributed by atoms with E-state index in [9.17, 15) is 4.79 Å². The summed E-state index contributed by atoms with van der Waals surface area (Å²) >= 11 is 1.64. The number of hydrogen-bond donors (Lipinski definition) is 1.